The summed E-state index contributed by atoms with van der Waals surface area (Å²) >= 11 is 0. The lowest BCUT2D eigenvalue weighted by Gasteiger charge is -2.08. The molecule has 1 aromatic heterocycles. The van der Waals surface area contributed by atoms with E-state index in [0.29, 0.717) is 37.6 Å². The topological polar surface area (TPSA) is 77.2 Å². The summed E-state index contributed by atoms with van der Waals surface area (Å²) in [6.45, 7) is 0.497. The third kappa shape index (κ3) is 5.48. The Morgan fingerprint density at radius 2 is 1.65 bits per heavy atom. The van der Waals surface area contributed by atoms with Crippen LogP contribution in [-0.4, -0.2) is 23.2 Å². The second-order valence-corrected chi connectivity index (χ2v) is 7.35. The monoisotopic (exact) mass is 415 g/mol. The Morgan fingerprint density at radius 1 is 0.903 bits per heavy atom. The summed E-state index contributed by atoms with van der Waals surface area (Å²) in [4.78, 5) is 12.3. The first-order valence-electron chi connectivity index (χ1n) is 10.4. The minimum absolute atomic E-state index is 0.0362. The summed E-state index contributed by atoms with van der Waals surface area (Å²) in [5, 5.41) is 13.5. The average molecular weight is 415 g/mol. The number of fused-ring (bicyclic) bond motifs is 1. The number of carbonyl (C=O) groups is 1. The third-order valence-corrected chi connectivity index (χ3v) is 5.22. The van der Waals surface area contributed by atoms with E-state index in [1.807, 2.05) is 48.5 Å². The summed E-state index contributed by atoms with van der Waals surface area (Å²) in [5.41, 5.74) is 2.28. The second kappa shape index (κ2) is 9.89. The van der Waals surface area contributed by atoms with Gasteiger partial charge in [0, 0.05) is 25.8 Å². The van der Waals surface area contributed by atoms with Crippen molar-refractivity contribution in [3.8, 4) is 5.75 Å². The Morgan fingerprint density at radius 3 is 2.45 bits per heavy atom. The maximum absolute atomic E-state index is 12.3. The van der Waals surface area contributed by atoms with Gasteiger partial charge in [-0.25, -0.2) is 0 Å². The number of carbonyl (C=O) groups excluding carboxylic acids is 1. The predicted molar refractivity (Wildman–Crippen MR) is 119 cm³/mol. The molecule has 0 bridgehead atoms. The molecule has 1 amide bonds. The number of hydrogen-bond acceptors (Lipinski definition) is 5. The number of rotatable bonds is 9. The summed E-state index contributed by atoms with van der Waals surface area (Å²) in [6, 6.07) is 22.2. The molecule has 0 aliphatic carbocycles. The Bertz CT molecular complexity index is 1150. The van der Waals surface area contributed by atoms with E-state index in [0.717, 1.165) is 23.1 Å². The Balaban J connectivity index is 1.23. The number of aryl methyl sites for hydroxylation is 3. The van der Waals surface area contributed by atoms with Crippen LogP contribution in [0.1, 0.15) is 29.3 Å². The number of nitrogens with one attached hydrogen (secondary N) is 1. The van der Waals surface area contributed by atoms with Crippen molar-refractivity contribution in [1.82, 2.24) is 15.5 Å². The molecule has 6 nitrogen and oxygen atoms in total. The van der Waals surface area contributed by atoms with E-state index in [1.54, 1.807) is 7.11 Å². The van der Waals surface area contributed by atoms with E-state index < -0.39 is 0 Å². The average Bonchev–Trinajstić information content (AvgIpc) is 3.28. The lowest BCUT2D eigenvalue weighted by molar-refractivity contribution is -0.121. The first kappa shape index (κ1) is 20.6. The van der Waals surface area contributed by atoms with E-state index in [4.69, 9.17) is 9.15 Å². The quantitative estimate of drug-likeness (QED) is 0.442. The summed E-state index contributed by atoms with van der Waals surface area (Å²) in [6.07, 6.45) is 2.20. The van der Waals surface area contributed by atoms with Gasteiger partial charge in [-0.15, -0.1) is 10.2 Å². The molecule has 1 heterocycles. The molecule has 0 atom stereocenters. The van der Waals surface area contributed by atoms with Crippen molar-refractivity contribution < 1.29 is 13.9 Å². The Kier molecular flexibility index (Phi) is 6.57. The second-order valence-electron chi connectivity index (χ2n) is 7.35. The Hall–Kier alpha value is -3.67. The molecule has 0 spiro atoms. The van der Waals surface area contributed by atoms with Crippen molar-refractivity contribution in [2.45, 2.75) is 32.2 Å². The van der Waals surface area contributed by atoms with E-state index in [-0.39, 0.29) is 5.91 Å². The van der Waals surface area contributed by atoms with Crippen molar-refractivity contribution >= 4 is 16.7 Å². The van der Waals surface area contributed by atoms with Gasteiger partial charge < -0.3 is 14.5 Å². The van der Waals surface area contributed by atoms with Gasteiger partial charge in [0.2, 0.25) is 17.7 Å². The maximum atomic E-state index is 12.3. The molecule has 158 valence electrons. The summed E-state index contributed by atoms with van der Waals surface area (Å²) in [5.74, 6) is 1.88. The predicted octanol–water partition coefficient (Wildman–Crippen LogP) is 4.27. The number of hydrogen-bond donors (Lipinski definition) is 1. The van der Waals surface area contributed by atoms with Gasteiger partial charge in [-0.05, 0) is 40.5 Å². The van der Waals surface area contributed by atoms with Crippen LogP contribution >= 0.6 is 0 Å². The molecule has 3 aromatic carbocycles. The highest BCUT2D eigenvalue weighted by atomic mass is 16.5. The number of aromatic nitrogens is 2. The van der Waals surface area contributed by atoms with Crippen molar-refractivity contribution in [2.75, 3.05) is 7.11 Å². The molecular formula is C25H25N3O3. The number of benzene rings is 3. The van der Waals surface area contributed by atoms with Crippen LogP contribution in [0.25, 0.3) is 10.8 Å². The smallest absolute Gasteiger partial charge is 0.220 e. The molecule has 0 saturated carbocycles. The molecule has 0 aliphatic heterocycles. The molecule has 4 rings (SSSR count). The molecule has 4 aromatic rings. The highest BCUT2D eigenvalue weighted by Crippen LogP contribution is 2.18. The zero-order chi connectivity index (χ0) is 21.5. The molecule has 31 heavy (non-hydrogen) atoms. The molecular weight excluding hydrogens is 390 g/mol. The van der Waals surface area contributed by atoms with Gasteiger partial charge in [0.1, 0.15) is 5.75 Å². The minimum atomic E-state index is -0.0362. The van der Waals surface area contributed by atoms with Gasteiger partial charge in [-0.1, -0.05) is 54.6 Å². The third-order valence-electron chi connectivity index (χ3n) is 5.22. The van der Waals surface area contributed by atoms with Crippen LogP contribution in [0.4, 0.5) is 0 Å². The van der Waals surface area contributed by atoms with Crippen LogP contribution in [0.2, 0.25) is 0 Å². The van der Waals surface area contributed by atoms with Gasteiger partial charge in [-0.3, -0.25) is 4.79 Å². The molecule has 1 N–H and O–H groups in total. The first-order valence-corrected chi connectivity index (χ1v) is 10.4. The number of amides is 1. The van der Waals surface area contributed by atoms with E-state index >= 15 is 0 Å². The SMILES string of the molecule is COc1ccc(CCc2nnc(CCC(=O)NCc3cccc4ccccc34)o2)cc1. The van der Waals surface area contributed by atoms with E-state index in [1.165, 1.54) is 10.9 Å². The molecule has 0 saturated heterocycles. The van der Waals surface area contributed by atoms with Crippen LogP contribution in [0.3, 0.4) is 0 Å². The van der Waals surface area contributed by atoms with Gasteiger partial charge in [0.25, 0.3) is 0 Å². The Labute approximate surface area is 181 Å². The number of nitrogens with zero attached hydrogens (tertiary/aromatic N) is 2. The number of methoxy groups -OCH3 is 1. The van der Waals surface area contributed by atoms with Crippen LogP contribution in [0.15, 0.2) is 71.1 Å². The minimum Gasteiger partial charge on any atom is -0.497 e. The lowest BCUT2D eigenvalue weighted by Crippen LogP contribution is -2.23. The van der Waals surface area contributed by atoms with Crippen LogP contribution in [-0.2, 0) is 30.6 Å². The molecule has 6 heteroatoms. The van der Waals surface area contributed by atoms with Gasteiger partial charge >= 0.3 is 0 Å². The lowest BCUT2D eigenvalue weighted by atomic mass is 10.0. The van der Waals surface area contributed by atoms with Crippen molar-refractivity contribution in [2.24, 2.45) is 0 Å². The first-order chi connectivity index (χ1) is 15.2. The normalized spacial score (nSPS) is 10.9. The fourth-order valence-electron chi connectivity index (χ4n) is 3.48. The maximum Gasteiger partial charge on any atom is 0.220 e. The van der Waals surface area contributed by atoms with Crippen molar-refractivity contribution in [1.29, 1.82) is 0 Å². The zero-order valence-corrected chi connectivity index (χ0v) is 17.5. The highest BCUT2D eigenvalue weighted by molar-refractivity contribution is 5.86. The van der Waals surface area contributed by atoms with E-state index in [9.17, 15) is 4.79 Å². The van der Waals surface area contributed by atoms with Crippen molar-refractivity contribution in [3.63, 3.8) is 0 Å². The van der Waals surface area contributed by atoms with Crippen LogP contribution < -0.4 is 10.1 Å². The fourth-order valence-corrected chi connectivity index (χ4v) is 3.48. The van der Waals surface area contributed by atoms with Gasteiger partial charge in [-0.2, -0.15) is 0 Å². The summed E-state index contributed by atoms with van der Waals surface area (Å²) < 4.78 is 10.9. The largest absolute Gasteiger partial charge is 0.497 e. The molecule has 0 unspecified atom stereocenters. The summed E-state index contributed by atoms with van der Waals surface area (Å²) in [7, 11) is 1.65. The van der Waals surface area contributed by atoms with Crippen LogP contribution in [0.5, 0.6) is 5.75 Å². The standard InChI is InChI=1S/C25H25N3O3/c1-30-21-12-9-18(10-13-21)11-15-24-27-28-25(31-24)16-14-23(29)26-17-20-7-4-6-19-5-2-3-8-22(19)20/h2-10,12-13H,11,14-17H2,1H3,(H,26,29). The highest BCUT2D eigenvalue weighted by Gasteiger charge is 2.10. The molecule has 0 fully saturated rings. The fraction of sp³-hybridized carbons (Fsp3) is 0.240. The van der Waals surface area contributed by atoms with Gasteiger partial charge in [0.05, 0.1) is 7.11 Å². The van der Waals surface area contributed by atoms with Crippen LogP contribution in [0, 0.1) is 0 Å². The zero-order valence-electron chi connectivity index (χ0n) is 17.5. The van der Waals surface area contributed by atoms with E-state index in [2.05, 4.69) is 33.7 Å². The van der Waals surface area contributed by atoms with Crippen molar-refractivity contribution in [3.05, 3.63) is 89.6 Å². The number of ether oxygens (including phenoxy) is 1. The molecule has 0 aliphatic rings. The molecule has 0 radical (unpaired) electrons. The van der Waals surface area contributed by atoms with Gasteiger partial charge in [0.15, 0.2) is 0 Å².